The first kappa shape index (κ1) is 15.5. The van der Waals surface area contributed by atoms with Crippen molar-refractivity contribution in [3.05, 3.63) is 11.8 Å². The number of carbonyl (C=O) groups excluding carboxylic acids is 1. The molecule has 1 heterocycles. The Morgan fingerprint density at radius 1 is 1.23 bits per heavy atom. The number of amides is 1. The summed E-state index contributed by atoms with van der Waals surface area (Å²) in [6.07, 6.45) is 11.2. The van der Waals surface area contributed by atoms with E-state index in [9.17, 15) is 4.79 Å². The van der Waals surface area contributed by atoms with Crippen LogP contribution in [0, 0.1) is 0 Å². The highest BCUT2D eigenvalue weighted by Crippen LogP contribution is 2.33. The fourth-order valence-electron chi connectivity index (χ4n) is 3.85. The van der Waals surface area contributed by atoms with Gasteiger partial charge in [-0.3, -0.25) is 9.48 Å². The van der Waals surface area contributed by atoms with Gasteiger partial charge in [0.05, 0.1) is 11.2 Å². The molecule has 0 radical (unpaired) electrons. The second-order valence-electron chi connectivity index (χ2n) is 7.08. The first-order valence-corrected chi connectivity index (χ1v) is 8.73. The SMILES string of the molecule is Cn1nc(C2CCCCC2)cc1NC(=O)C1(N)CCCCC1. The standard InChI is InChI=1S/C17H28N4O/c1-21-15(12-14(20-21)13-8-4-2-5-9-13)19-16(22)17(18)10-6-3-7-11-17/h12-13H,2-11,18H2,1H3,(H,19,22). The normalized spacial score (nSPS) is 22.5. The molecule has 0 aromatic carbocycles. The zero-order valence-electron chi connectivity index (χ0n) is 13.6. The van der Waals surface area contributed by atoms with Gasteiger partial charge in [0.2, 0.25) is 5.91 Å². The second kappa shape index (κ2) is 6.41. The monoisotopic (exact) mass is 304 g/mol. The number of anilines is 1. The Kier molecular flexibility index (Phi) is 4.52. The first-order chi connectivity index (χ1) is 10.6. The van der Waals surface area contributed by atoms with Gasteiger partial charge < -0.3 is 11.1 Å². The molecule has 1 aromatic heterocycles. The van der Waals surface area contributed by atoms with E-state index in [2.05, 4.69) is 10.4 Å². The Hall–Kier alpha value is -1.36. The smallest absolute Gasteiger partial charge is 0.245 e. The van der Waals surface area contributed by atoms with E-state index in [-0.39, 0.29) is 5.91 Å². The molecule has 0 unspecified atom stereocenters. The van der Waals surface area contributed by atoms with Crippen molar-refractivity contribution in [3.63, 3.8) is 0 Å². The highest BCUT2D eigenvalue weighted by molar-refractivity contribution is 5.97. The largest absolute Gasteiger partial charge is 0.317 e. The number of aromatic nitrogens is 2. The molecule has 1 amide bonds. The van der Waals surface area contributed by atoms with Gasteiger partial charge in [0.1, 0.15) is 5.82 Å². The molecule has 0 spiro atoms. The number of aryl methyl sites for hydroxylation is 1. The van der Waals surface area contributed by atoms with Crippen molar-refractivity contribution in [1.29, 1.82) is 0 Å². The van der Waals surface area contributed by atoms with Gasteiger partial charge >= 0.3 is 0 Å². The van der Waals surface area contributed by atoms with Crippen LogP contribution in [0.3, 0.4) is 0 Å². The third kappa shape index (κ3) is 3.19. The topological polar surface area (TPSA) is 72.9 Å². The van der Waals surface area contributed by atoms with Gasteiger partial charge in [-0.15, -0.1) is 0 Å². The van der Waals surface area contributed by atoms with E-state index < -0.39 is 5.54 Å². The highest BCUT2D eigenvalue weighted by Gasteiger charge is 2.35. The zero-order valence-corrected chi connectivity index (χ0v) is 13.6. The maximum Gasteiger partial charge on any atom is 0.245 e. The number of nitrogens with zero attached hydrogens (tertiary/aromatic N) is 2. The third-order valence-electron chi connectivity index (χ3n) is 5.36. The second-order valence-corrected chi connectivity index (χ2v) is 7.08. The van der Waals surface area contributed by atoms with Crippen LogP contribution < -0.4 is 11.1 Å². The van der Waals surface area contributed by atoms with Crippen LogP contribution in [0.1, 0.15) is 75.8 Å². The van der Waals surface area contributed by atoms with E-state index >= 15 is 0 Å². The van der Waals surface area contributed by atoms with Crippen LogP contribution in [0.5, 0.6) is 0 Å². The molecule has 2 fully saturated rings. The Morgan fingerprint density at radius 2 is 1.86 bits per heavy atom. The van der Waals surface area contributed by atoms with Gasteiger partial charge in [0, 0.05) is 19.0 Å². The Bertz CT molecular complexity index is 525. The number of hydrogen-bond donors (Lipinski definition) is 2. The summed E-state index contributed by atoms with van der Waals surface area (Å²) in [6, 6.07) is 2.04. The van der Waals surface area contributed by atoms with Crippen molar-refractivity contribution in [2.45, 2.75) is 75.7 Å². The third-order valence-corrected chi connectivity index (χ3v) is 5.36. The van der Waals surface area contributed by atoms with Crippen molar-refractivity contribution in [2.75, 3.05) is 5.32 Å². The number of nitrogens with one attached hydrogen (secondary N) is 1. The number of rotatable bonds is 3. The fourth-order valence-corrected chi connectivity index (χ4v) is 3.85. The Balaban J connectivity index is 1.69. The molecule has 2 saturated carbocycles. The van der Waals surface area contributed by atoms with Gasteiger partial charge in [-0.2, -0.15) is 5.10 Å². The Morgan fingerprint density at radius 3 is 2.55 bits per heavy atom. The lowest BCUT2D eigenvalue weighted by atomic mass is 9.82. The summed E-state index contributed by atoms with van der Waals surface area (Å²) in [6.45, 7) is 0. The van der Waals surface area contributed by atoms with Crippen molar-refractivity contribution in [2.24, 2.45) is 12.8 Å². The van der Waals surface area contributed by atoms with E-state index in [0.29, 0.717) is 5.92 Å². The number of hydrogen-bond acceptors (Lipinski definition) is 3. The van der Waals surface area contributed by atoms with Crippen molar-refractivity contribution >= 4 is 11.7 Å². The predicted molar refractivity (Wildman–Crippen MR) is 87.7 cm³/mol. The summed E-state index contributed by atoms with van der Waals surface area (Å²) in [7, 11) is 1.89. The summed E-state index contributed by atoms with van der Waals surface area (Å²) in [5.41, 5.74) is 6.73. The molecule has 0 aliphatic heterocycles. The molecule has 5 nitrogen and oxygen atoms in total. The highest BCUT2D eigenvalue weighted by atomic mass is 16.2. The van der Waals surface area contributed by atoms with Crippen LogP contribution in [0.2, 0.25) is 0 Å². The first-order valence-electron chi connectivity index (χ1n) is 8.73. The molecule has 2 aliphatic carbocycles. The van der Waals surface area contributed by atoms with E-state index in [1.54, 1.807) is 4.68 Å². The van der Waals surface area contributed by atoms with Crippen LogP contribution >= 0.6 is 0 Å². The van der Waals surface area contributed by atoms with Crippen molar-refractivity contribution in [1.82, 2.24) is 9.78 Å². The molecule has 2 aliphatic rings. The Labute approximate surface area is 132 Å². The lowest BCUT2D eigenvalue weighted by Gasteiger charge is -2.31. The summed E-state index contributed by atoms with van der Waals surface area (Å²) < 4.78 is 1.79. The molecule has 5 heteroatoms. The molecule has 0 bridgehead atoms. The summed E-state index contributed by atoms with van der Waals surface area (Å²) in [5, 5.41) is 7.63. The molecule has 1 aromatic rings. The lowest BCUT2D eigenvalue weighted by molar-refractivity contribution is -0.122. The van der Waals surface area contributed by atoms with E-state index in [0.717, 1.165) is 37.2 Å². The van der Waals surface area contributed by atoms with Gasteiger partial charge in [-0.05, 0) is 25.7 Å². The molecular formula is C17H28N4O. The summed E-state index contributed by atoms with van der Waals surface area (Å²) >= 11 is 0. The maximum atomic E-state index is 12.5. The van der Waals surface area contributed by atoms with Crippen molar-refractivity contribution < 1.29 is 4.79 Å². The molecule has 22 heavy (non-hydrogen) atoms. The molecule has 3 rings (SSSR count). The predicted octanol–water partition coefficient (Wildman–Crippen LogP) is 3.07. The van der Waals surface area contributed by atoms with E-state index in [4.69, 9.17) is 5.73 Å². The quantitative estimate of drug-likeness (QED) is 0.901. The van der Waals surface area contributed by atoms with E-state index in [1.807, 2.05) is 13.1 Å². The zero-order chi connectivity index (χ0) is 15.6. The van der Waals surface area contributed by atoms with Crippen LogP contribution in [0.15, 0.2) is 6.07 Å². The van der Waals surface area contributed by atoms with Crippen LogP contribution in [-0.4, -0.2) is 21.2 Å². The number of carbonyl (C=O) groups is 1. The van der Waals surface area contributed by atoms with Crippen LogP contribution in [0.25, 0.3) is 0 Å². The molecule has 0 saturated heterocycles. The van der Waals surface area contributed by atoms with Gasteiger partial charge in [0.25, 0.3) is 0 Å². The minimum atomic E-state index is -0.701. The number of nitrogens with two attached hydrogens (primary N) is 1. The van der Waals surface area contributed by atoms with Gasteiger partial charge in [0.15, 0.2) is 0 Å². The maximum absolute atomic E-state index is 12.5. The lowest BCUT2D eigenvalue weighted by Crippen LogP contribution is -2.52. The van der Waals surface area contributed by atoms with Crippen LogP contribution in [-0.2, 0) is 11.8 Å². The summed E-state index contributed by atoms with van der Waals surface area (Å²) in [4.78, 5) is 12.5. The molecular weight excluding hydrogens is 276 g/mol. The van der Waals surface area contributed by atoms with Crippen molar-refractivity contribution in [3.8, 4) is 0 Å². The average Bonchev–Trinajstić information content (AvgIpc) is 2.90. The van der Waals surface area contributed by atoms with Crippen LogP contribution in [0.4, 0.5) is 5.82 Å². The van der Waals surface area contributed by atoms with Gasteiger partial charge in [-0.25, -0.2) is 0 Å². The summed E-state index contributed by atoms with van der Waals surface area (Å²) in [5.74, 6) is 1.28. The molecule has 122 valence electrons. The average molecular weight is 304 g/mol. The van der Waals surface area contributed by atoms with Gasteiger partial charge in [-0.1, -0.05) is 38.5 Å². The molecule has 3 N–H and O–H groups in total. The van der Waals surface area contributed by atoms with E-state index in [1.165, 1.54) is 38.5 Å². The minimum Gasteiger partial charge on any atom is -0.317 e. The minimum absolute atomic E-state index is 0.0506. The molecule has 0 atom stereocenters. The fraction of sp³-hybridized carbons (Fsp3) is 0.765.